The number of hydrogen-bond acceptors (Lipinski definition) is 2. The summed E-state index contributed by atoms with van der Waals surface area (Å²) in [4.78, 5) is 15.7. The standard InChI is InChI=1S/C14H11BrFNO/c15-13-9-11(1-2-14(13)16)8-12(18)7-10-3-5-17-6-4-10/h1-6,9H,7-8H2. The Labute approximate surface area is 113 Å². The van der Waals surface area contributed by atoms with Crippen LogP contribution in [0.4, 0.5) is 4.39 Å². The maximum atomic E-state index is 13.0. The van der Waals surface area contributed by atoms with Crippen LogP contribution in [0.5, 0.6) is 0 Å². The first-order valence-corrected chi connectivity index (χ1v) is 6.29. The molecule has 0 atom stereocenters. The summed E-state index contributed by atoms with van der Waals surface area (Å²) >= 11 is 3.11. The molecule has 0 N–H and O–H groups in total. The largest absolute Gasteiger partial charge is 0.299 e. The van der Waals surface area contributed by atoms with E-state index in [1.807, 2.05) is 12.1 Å². The van der Waals surface area contributed by atoms with Gasteiger partial charge < -0.3 is 0 Å². The zero-order valence-electron chi connectivity index (χ0n) is 9.57. The molecule has 0 aliphatic rings. The van der Waals surface area contributed by atoms with E-state index in [2.05, 4.69) is 20.9 Å². The summed E-state index contributed by atoms with van der Waals surface area (Å²) in [5.41, 5.74) is 1.75. The highest BCUT2D eigenvalue weighted by Gasteiger charge is 2.07. The van der Waals surface area contributed by atoms with Gasteiger partial charge in [0.1, 0.15) is 11.6 Å². The molecule has 2 nitrogen and oxygen atoms in total. The van der Waals surface area contributed by atoms with Gasteiger partial charge in [0.2, 0.25) is 0 Å². The first kappa shape index (κ1) is 12.9. The smallest absolute Gasteiger partial charge is 0.141 e. The van der Waals surface area contributed by atoms with Gasteiger partial charge in [0.05, 0.1) is 4.47 Å². The summed E-state index contributed by atoms with van der Waals surface area (Å²) in [7, 11) is 0. The Morgan fingerprint density at radius 1 is 1.11 bits per heavy atom. The fraction of sp³-hybridized carbons (Fsp3) is 0.143. The van der Waals surface area contributed by atoms with Crippen LogP contribution in [-0.4, -0.2) is 10.8 Å². The van der Waals surface area contributed by atoms with Crippen molar-refractivity contribution in [2.75, 3.05) is 0 Å². The lowest BCUT2D eigenvalue weighted by molar-refractivity contribution is -0.117. The summed E-state index contributed by atoms with van der Waals surface area (Å²) in [6, 6.07) is 8.26. The zero-order chi connectivity index (χ0) is 13.0. The van der Waals surface area contributed by atoms with Gasteiger partial charge in [-0.1, -0.05) is 6.07 Å². The third-order valence-electron chi connectivity index (χ3n) is 2.54. The van der Waals surface area contributed by atoms with Gasteiger partial charge in [0.25, 0.3) is 0 Å². The number of Topliss-reactive ketones (excluding diaryl/α,β-unsaturated/α-hetero) is 1. The number of rotatable bonds is 4. The quantitative estimate of drug-likeness (QED) is 0.867. The minimum atomic E-state index is -0.319. The second kappa shape index (κ2) is 5.87. The van der Waals surface area contributed by atoms with Crippen molar-refractivity contribution in [2.24, 2.45) is 0 Å². The number of carbonyl (C=O) groups is 1. The van der Waals surface area contributed by atoms with Crippen LogP contribution in [0, 0.1) is 5.82 Å². The highest BCUT2D eigenvalue weighted by Crippen LogP contribution is 2.17. The van der Waals surface area contributed by atoms with Gasteiger partial charge in [-0.3, -0.25) is 9.78 Å². The molecule has 0 amide bonds. The molecule has 1 aromatic carbocycles. The first-order valence-electron chi connectivity index (χ1n) is 5.49. The SMILES string of the molecule is O=C(Cc1ccncc1)Cc1ccc(F)c(Br)c1. The van der Waals surface area contributed by atoms with Crippen LogP contribution >= 0.6 is 15.9 Å². The topological polar surface area (TPSA) is 30.0 Å². The maximum absolute atomic E-state index is 13.0. The second-order valence-electron chi connectivity index (χ2n) is 4.00. The number of nitrogens with zero attached hydrogens (tertiary/aromatic N) is 1. The van der Waals surface area contributed by atoms with E-state index in [-0.39, 0.29) is 11.6 Å². The van der Waals surface area contributed by atoms with Crippen LogP contribution in [-0.2, 0) is 17.6 Å². The number of hydrogen-bond donors (Lipinski definition) is 0. The van der Waals surface area contributed by atoms with Gasteiger partial charge in [-0.2, -0.15) is 0 Å². The van der Waals surface area contributed by atoms with Crippen LogP contribution in [0.25, 0.3) is 0 Å². The molecule has 2 aromatic rings. The number of benzene rings is 1. The van der Waals surface area contributed by atoms with E-state index in [1.54, 1.807) is 24.5 Å². The fourth-order valence-electron chi connectivity index (χ4n) is 1.67. The van der Waals surface area contributed by atoms with Crippen molar-refractivity contribution >= 4 is 21.7 Å². The highest BCUT2D eigenvalue weighted by molar-refractivity contribution is 9.10. The normalized spacial score (nSPS) is 10.3. The molecule has 0 unspecified atom stereocenters. The molecule has 0 aliphatic heterocycles. The van der Waals surface area contributed by atoms with E-state index in [1.165, 1.54) is 6.07 Å². The number of ketones is 1. The van der Waals surface area contributed by atoms with Gasteiger partial charge in [-0.15, -0.1) is 0 Å². The van der Waals surface area contributed by atoms with Crippen molar-refractivity contribution in [3.63, 3.8) is 0 Å². The molecule has 0 saturated heterocycles. The molecular weight excluding hydrogens is 297 g/mol. The molecular formula is C14H11BrFNO. The first-order chi connectivity index (χ1) is 8.65. The minimum Gasteiger partial charge on any atom is -0.299 e. The second-order valence-corrected chi connectivity index (χ2v) is 4.85. The Kier molecular flexibility index (Phi) is 4.20. The van der Waals surface area contributed by atoms with E-state index >= 15 is 0 Å². The van der Waals surface area contributed by atoms with Crippen molar-refractivity contribution in [3.8, 4) is 0 Å². The van der Waals surface area contributed by atoms with Crippen molar-refractivity contribution < 1.29 is 9.18 Å². The lowest BCUT2D eigenvalue weighted by atomic mass is 10.0. The number of halogens is 2. The summed E-state index contributed by atoms with van der Waals surface area (Å²) in [5.74, 6) is -0.222. The number of carbonyl (C=O) groups excluding carboxylic acids is 1. The fourth-order valence-corrected chi connectivity index (χ4v) is 2.09. The van der Waals surface area contributed by atoms with Crippen LogP contribution < -0.4 is 0 Å². The van der Waals surface area contributed by atoms with Crippen LogP contribution in [0.15, 0.2) is 47.2 Å². The molecule has 0 spiro atoms. The summed E-state index contributed by atoms with van der Waals surface area (Å²) in [6.45, 7) is 0. The monoisotopic (exact) mass is 307 g/mol. The van der Waals surface area contributed by atoms with E-state index in [0.717, 1.165) is 11.1 Å². The molecule has 1 heterocycles. The minimum absolute atomic E-state index is 0.0970. The van der Waals surface area contributed by atoms with Crippen molar-refractivity contribution in [1.29, 1.82) is 0 Å². The summed E-state index contributed by atoms with van der Waals surface area (Å²) in [6.07, 6.45) is 4.01. The number of aromatic nitrogens is 1. The molecule has 92 valence electrons. The molecule has 2 rings (SSSR count). The van der Waals surface area contributed by atoms with Crippen LogP contribution in [0.1, 0.15) is 11.1 Å². The van der Waals surface area contributed by atoms with Crippen LogP contribution in [0.2, 0.25) is 0 Å². The Balaban J connectivity index is 2.01. The predicted octanol–water partition coefficient (Wildman–Crippen LogP) is 3.34. The van der Waals surface area contributed by atoms with E-state index < -0.39 is 0 Å². The van der Waals surface area contributed by atoms with Crippen molar-refractivity contribution in [2.45, 2.75) is 12.8 Å². The molecule has 0 bridgehead atoms. The average Bonchev–Trinajstić information content (AvgIpc) is 2.35. The van der Waals surface area contributed by atoms with Crippen LogP contribution in [0.3, 0.4) is 0 Å². The molecule has 18 heavy (non-hydrogen) atoms. The summed E-state index contributed by atoms with van der Waals surface area (Å²) in [5, 5.41) is 0. The van der Waals surface area contributed by atoms with Gasteiger partial charge in [0, 0.05) is 25.2 Å². The Bertz CT molecular complexity index is 557. The van der Waals surface area contributed by atoms with Crippen molar-refractivity contribution in [3.05, 3.63) is 64.1 Å². The molecule has 4 heteroatoms. The molecule has 1 aromatic heterocycles. The Morgan fingerprint density at radius 2 is 1.78 bits per heavy atom. The third-order valence-corrected chi connectivity index (χ3v) is 3.14. The van der Waals surface area contributed by atoms with Gasteiger partial charge in [-0.05, 0) is 51.3 Å². The lowest BCUT2D eigenvalue weighted by Crippen LogP contribution is -2.06. The van der Waals surface area contributed by atoms with Crippen molar-refractivity contribution in [1.82, 2.24) is 4.98 Å². The highest BCUT2D eigenvalue weighted by atomic mass is 79.9. The maximum Gasteiger partial charge on any atom is 0.141 e. The lowest BCUT2D eigenvalue weighted by Gasteiger charge is -2.03. The summed E-state index contributed by atoms with van der Waals surface area (Å²) < 4.78 is 13.4. The predicted molar refractivity (Wildman–Crippen MR) is 70.8 cm³/mol. The van der Waals surface area contributed by atoms with Gasteiger partial charge >= 0.3 is 0 Å². The van der Waals surface area contributed by atoms with E-state index in [0.29, 0.717) is 17.3 Å². The van der Waals surface area contributed by atoms with Gasteiger partial charge in [-0.25, -0.2) is 4.39 Å². The molecule has 0 fully saturated rings. The Morgan fingerprint density at radius 3 is 2.44 bits per heavy atom. The molecule has 0 radical (unpaired) electrons. The van der Waals surface area contributed by atoms with E-state index in [4.69, 9.17) is 0 Å². The van der Waals surface area contributed by atoms with Gasteiger partial charge in [0.15, 0.2) is 0 Å². The Hall–Kier alpha value is -1.55. The number of pyridine rings is 1. The molecule has 0 saturated carbocycles. The van der Waals surface area contributed by atoms with E-state index in [9.17, 15) is 9.18 Å². The average molecular weight is 308 g/mol. The zero-order valence-corrected chi connectivity index (χ0v) is 11.2. The third kappa shape index (κ3) is 3.47. The molecule has 0 aliphatic carbocycles.